The highest BCUT2D eigenvalue weighted by Crippen LogP contribution is 2.28. The SMILES string of the molecule is CC[C@H](CN1CCOCC1)NC(=O)Cc1ccc(OC)c2ccccc12. The second-order valence-corrected chi connectivity index (χ2v) is 6.73. The van der Waals surface area contributed by atoms with E-state index in [9.17, 15) is 4.79 Å². The number of fused-ring (bicyclic) bond motifs is 1. The van der Waals surface area contributed by atoms with E-state index in [2.05, 4.69) is 17.1 Å². The molecule has 2 aromatic rings. The van der Waals surface area contributed by atoms with Crippen molar-refractivity contribution in [2.24, 2.45) is 0 Å². The summed E-state index contributed by atoms with van der Waals surface area (Å²) in [6, 6.07) is 12.2. The number of methoxy groups -OCH3 is 1. The number of morpholine rings is 1. The molecule has 0 aromatic heterocycles. The Bertz CT molecular complexity index is 741. The van der Waals surface area contributed by atoms with Crippen LogP contribution in [0.5, 0.6) is 5.75 Å². The lowest BCUT2D eigenvalue weighted by atomic mass is 10.0. The minimum Gasteiger partial charge on any atom is -0.496 e. The van der Waals surface area contributed by atoms with Crippen molar-refractivity contribution in [1.82, 2.24) is 10.2 Å². The molecule has 26 heavy (non-hydrogen) atoms. The molecule has 0 radical (unpaired) electrons. The maximum absolute atomic E-state index is 12.6. The van der Waals surface area contributed by atoms with Crippen molar-refractivity contribution in [3.8, 4) is 5.75 Å². The lowest BCUT2D eigenvalue weighted by Gasteiger charge is -2.30. The van der Waals surface area contributed by atoms with Gasteiger partial charge in [0.15, 0.2) is 0 Å². The van der Waals surface area contributed by atoms with Crippen molar-refractivity contribution in [3.05, 3.63) is 42.0 Å². The van der Waals surface area contributed by atoms with Gasteiger partial charge in [-0.3, -0.25) is 9.69 Å². The number of nitrogens with zero attached hydrogens (tertiary/aromatic N) is 1. The number of hydrogen-bond acceptors (Lipinski definition) is 4. The van der Waals surface area contributed by atoms with E-state index in [0.717, 1.165) is 61.4 Å². The van der Waals surface area contributed by atoms with Gasteiger partial charge in [-0.25, -0.2) is 0 Å². The second kappa shape index (κ2) is 9.01. The second-order valence-electron chi connectivity index (χ2n) is 6.73. The van der Waals surface area contributed by atoms with Gasteiger partial charge in [0.1, 0.15) is 5.75 Å². The first-order valence-electron chi connectivity index (χ1n) is 9.35. The van der Waals surface area contributed by atoms with Gasteiger partial charge < -0.3 is 14.8 Å². The van der Waals surface area contributed by atoms with E-state index >= 15 is 0 Å². The number of hydrogen-bond donors (Lipinski definition) is 1. The van der Waals surface area contributed by atoms with E-state index in [1.165, 1.54) is 0 Å². The molecule has 1 aliphatic heterocycles. The Morgan fingerprint density at radius 1 is 1.19 bits per heavy atom. The van der Waals surface area contributed by atoms with E-state index in [1.54, 1.807) is 7.11 Å². The van der Waals surface area contributed by atoms with Crippen LogP contribution in [-0.2, 0) is 16.0 Å². The van der Waals surface area contributed by atoms with Crippen molar-refractivity contribution >= 4 is 16.7 Å². The number of benzene rings is 2. The van der Waals surface area contributed by atoms with Crippen LogP contribution in [-0.4, -0.2) is 56.8 Å². The summed E-state index contributed by atoms with van der Waals surface area (Å²) in [7, 11) is 1.67. The zero-order valence-electron chi connectivity index (χ0n) is 15.7. The van der Waals surface area contributed by atoms with Crippen molar-refractivity contribution in [3.63, 3.8) is 0 Å². The van der Waals surface area contributed by atoms with E-state index in [0.29, 0.717) is 6.42 Å². The summed E-state index contributed by atoms with van der Waals surface area (Å²) >= 11 is 0. The van der Waals surface area contributed by atoms with E-state index in [4.69, 9.17) is 9.47 Å². The van der Waals surface area contributed by atoms with Gasteiger partial charge in [-0.05, 0) is 23.4 Å². The predicted molar refractivity (Wildman–Crippen MR) is 104 cm³/mol. The van der Waals surface area contributed by atoms with Crippen LogP contribution in [0.2, 0.25) is 0 Å². The molecule has 1 heterocycles. The molecular formula is C21H28N2O3. The summed E-state index contributed by atoms with van der Waals surface area (Å²) in [5, 5.41) is 5.32. The third-order valence-corrected chi connectivity index (χ3v) is 4.99. The Balaban J connectivity index is 1.66. The van der Waals surface area contributed by atoms with Crippen LogP contribution in [0.15, 0.2) is 36.4 Å². The molecule has 140 valence electrons. The van der Waals surface area contributed by atoms with Gasteiger partial charge in [0.25, 0.3) is 0 Å². The Morgan fingerprint density at radius 3 is 2.62 bits per heavy atom. The van der Waals surface area contributed by atoms with Crippen molar-refractivity contribution < 1.29 is 14.3 Å². The maximum Gasteiger partial charge on any atom is 0.224 e. The summed E-state index contributed by atoms with van der Waals surface area (Å²) in [6.45, 7) is 6.44. The number of nitrogens with one attached hydrogen (secondary N) is 1. The van der Waals surface area contributed by atoms with Crippen LogP contribution in [0.25, 0.3) is 10.8 Å². The van der Waals surface area contributed by atoms with Gasteiger partial charge >= 0.3 is 0 Å². The quantitative estimate of drug-likeness (QED) is 0.829. The third-order valence-electron chi connectivity index (χ3n) is 4.99. The lowest BCUT2D eigenvalue weighted by molar-refractivity contribution is -0.121. The molecule has 0 unspecified atom stereocenters. The third kappa shape index (κ3) is 4.54. The molecule has 1 atom stereocenters. The molecule has 1 aliphatic rings. The maximum atomic E-state index is 12.6. The largest absolute Gasteiger partial charge is 0.496 e. The highest BCUT2D eigenvalue weighted by molar-refractivity contribution is 5.94. The molecule has 1 amide bonds. The summed E-state index contributed by atoms with van der Waals surface area (Å²) in [4.78, 5) is 15.0. The molecule has 1 saturated heterocycles. The minimum absolute atomic E-state index is 0.0698. The number of ether oxygens (including phenoxy) is 2. The number of carbonyl (C=O) groups excluding carboxylic acids is 1. The first-order valence-corrected chi connectivity index (χ1v) is 9.35. The first-order chi connectivity index (χ1) is 12.7. The monoisotopic (exact) mass is 356 g/mol. The molecule has 0 saturated carbocycles. The number of amides is 1. The topological polar surface area (TPSA) is 50.8 Å². The van der Waals surface area contributed by atoms with Crippen LogP contribution >= 0.6 is 0 Å². The smallest absolute Gasteiger partial charge is 0.224 e. The van der Waals surface area contributed by atoms with Gasteiger partial charge in [-0.1, -0.05) is 37.3 Å². The fourth-order valence-corrected chi connectivity index (χ4v) is 3.49. The summed E-state index contributed by atoms with van der Waals surface area (Å²) in [5.74, 6) is 0.906. The number of rotatable bonds is 7. The molecule has 0 bridgehead atoms. The average Bonchev–Trinajstić information content (AvgIpc) is 2.68. The summed E-state index contributed by atoms with van der Waals surface area (Å²) < 4.78 is 10.8. The average molecular weight is 356 g/mol. The molecule has 5 nitrogen and oxygen atoms in total. The van der Waals surface area contributed by atoms with Crippen LogP contribution in [0.1, 0.15) is 18.9 Å². The molecule has 0 aliphatic carbocycles. The molecule has 2 aromatic carbocycles. The Hall–Kier alpha value is -2.11. The molecule has 1 N–H and O–H groups in total. The predicted octanol–water partition coefficient (Wildman–Crippen LogP) is 2.62. The first kappa shape index (κ1) is 18.7. The lowest BCUT2D eigenvalue weighted by Crippen LogP contribution is -2.47. The van der Waals surface area contributed by atoms with Crippen molar-refractivity contribution in [2.75, 3.05) is 40.0 Å². The van der Waals surface area contributed by atoms with Gasteiger partial charge in [0.2, 0.25) is 5.91 Å². The van der Waals surface area contributed by atoms with E-state index < -0.39 is 0 Å². The van der Waals surface area contributed by atoms with Crippen molar-refractivity contribution in [2.45, 2.75) is 25.8 Å². The van der Waals surface area contributed by atoms with Gasteiger partial charge in [-0.2, -0.15) is 0 Å². The standard InChI is InChI=1S/C21H28N2O3/c1-3-17(15-23-10-12-26-13-11-23)22-21(24)14-16-8-9-20(25-2)19-7-5-4-6-18(16)19/h4-9,17H,3,10-15H2,1-2H3,(H,22,24)/t17-/m1/s1. The van der Waals surface area contributed by atoms with Gasteiger partial charge in [-0.15, -0.1) is 0 Å². The van der Waals surface area contributed by atoms with Crippen molar-refractivity contribution in [1.29, 1.82) is 0 Å². The van der Waals surface area contributed by atoms with Crippen LogP contribution < -0.4 is 10.1 Å². The molecule has 1 fully saturated rings. The fraction of sp³-hybridized carbons (Fsp3) is 0.476. The van der Waals surface area contributed by atoms with Gasteiger partial charge in [0, 0.05) is 31.1 Å². The highest BCUT2D eigenvalue weighted by atomic mass is 16.5. The van der Waals surface area contributed by atoms with Crippen LogP contribution in [0.4, 0.5) is 0 Å². The Kier molecular flexibility index (Phi) is 6.47. The van der Waals surface area contributed by atoms with Crippen LogP contribution in [0, 0.1) is 0 Å². The molecular weight excluding hydrogens is 328 g/mol. The normalized spacial score (nSPS) is 16.4. The zero-order valence-corrected chi connectivity index (χ0v) is 15.7. The number of carbonyl (C=O) groups is 1. The zero-order chi connectivity index (χ0) is 18.4. The Labute approximate surface area is 155 Å². The molecule has 0 spiro atoms. The minimum atomic E-state index is 0.0698. The van der Waals surface area contributed by atoms with Crippen LogP contribution in [0.3, 0.4) is 0 Å². The van der Waals surface area contributed by atoms with E-state index in [1.807, 2.05) is 36.4 Å². The summed E-state index contributed by atoms with van der Waals surface area (Å²) in [5.41, 5.74) is 1.03. The molecule has 5 heteroatoms. The molecule has 3 rings (SSSR count). The summed E-state index contributed by atoms with van der Waals surface area (Å²) in [6.07, 6.45) is 1.30. The fourth-order valence-electron chi connectivity index (χ4n) is 3.49. The van der Waals surface area contributed by atoms with Gasteiger partial charge in [0.05, 0.1) is 26.7 Å². The van der Waals surface area contributed by atoms with E-state index in [-0.39, 0.29) is 11.9 Å². The Morgan fingerprint density at radius 2 is 1.92 bits per heavy atom. The highest BCUT2D eigenvalue weighted by Gasteiger charge is 2.18.